The molecule has 0 unspecified atom stereocenters. The van der Waals surface area contributed by atoms with Crippen LogP contribution in [-0.4, -0.2) is 28.9 Å². The Morgan fingerprint density at radius 1 is 1.07 bits per heavy atom. The zero-order valence-corrected chi connectivity index (χ0v) is 15.8. The maximum atomic E-state index is 12.8. The number of fused-ring (bicyclic) bond motifs is 1. The van der Waals surface area contributed by atoms with Gasteiger partial charge in [-0.1, -0.05) is 42.6 Å². The van der Waals surface area contributed by atoms with Crippen LogP contribution in [0, 0.1) is 0 Å². The Morgan fingerprint density at radius 2 is 1.81 bits per heavy atom. The van der Waals surface area contributed by atoms with Crippen molar-refractivity contribution in [2.24, 2.45) is 0 Å². The molecule has 1 saturated heterocycles. The lowest BCUT2D eigenvalue weighted by atomic mass is 10.0. The number of allylic oxidation sites excluding steroid dienone is 1. The molecule has 0 spiro atoms. The standard InChI is InChI=1S/C22H22ClNO3/c23-18-8-4-3-7-15(18)13-20-21(26)16-9-10-19(25)17(22(16)27-20)14-24-11-5-1-2-6-12-24/h3-4,7-10,13,25H,1-2,5-6,11-12,14H2/b20-13-. The summed E-state index contributed by atoms with van der Waals surface area (Å²) < 4.78 is 5.93. The zero-order chi connectivity index (χ0) is 18.8. The number of phenols is 1. The van der Waals surface area contributed by atoms with Crippen LogP contribution in [-0.2, 0) is 6.54 Å². The molecule has 0 aliphatic carbocycles. The number of nitrogens with zero attached hydrogens (tertiary/aromatic N) is 1. The second-order valence-electron chi connectivity index (χ2n) is 7.09. The van der Waals surface area contributed by atoms with Crippen molar-refractivity contribution in [3.05, 3.63) is 63.9 Å². The normalized spacial score (nSPS) is 19.0. The minimum Gasteiger partial charge on any atom is -0.507 e. The predicted molar refractivity (Wildman–Crippen MR) is 106 cm³/mol. The highest BCUT2D eigenvalue weighted by molar-refractivity contribution is 6.32. The minimum absolute atomic E-state index is 0.171. The fourth-order valence-electron chi connectivity index (χ4n) is 3.70. The Hall–Kier alpha value is -2.30. The number of ketones is 1. The van der Waals surface area contributed by atoms with Crippen molar-refractivity contribution in [3.8, 4) is 11.5 Å². The van der Waals surface area contributed by atoms with Crippen LogP contribution in [0.4, 0.5) is 0 Å². The summed E-state index contributed by atoms with van der Waals surface area (Å²) in [5, 5.41) is 11.0. The van der Waals surface area contributed by atoms with Gasteiger partial charge in [0.1, 0.15) is 11.5 Å². The predicted octanol–water partition coefficient (Wildman–Crippen LogP) is 5.04. The van der Waals surface area contributed by atoms with Crippen LogP contribution in [0.2, 0.25) is 5.02 Å². The average Bonchev–Trinajstić information content (AvgIpc) is 2.84. The van der Waals surface area contributed by atoms with Crippen LogP contribution >= 0.6 is 11.6 Å². The van der Waals surface area contributed by atoms with Gasteiger partial charge in [0.15, 0.2) is 5.76 Å². The van der Waals surface area contributed by atoms with Gasteiger partial charge in [0, 0.05) is 11.6 Å². The third-order valence-corrected chi connectivity index (χ3v) is 5.53. The number of hydrogen-bond acceptors (Lipinski definition) is 4. The Labute approximate surface area is 164 Å². The van der Waals surface area contributed by atoms with E-state index in [9.17, 15) is 9.90 Å². The van der Waals surface area contributed by atoms with E-state index in [1.165, 1.54) is 12.8 Å². The number of halogens is 1. The first-order valence-electron chi connectivity index (χ1n) is 9.39. The fraction of sp³-hybridized carbons (Fsp3) is 0.318. The second-order valence-corrected chi connectivity index (χ2v) is 7.50. The molecular formula is C22H22ClNO3. The number of rotatable bonds is 3. The number of Topliss-reactive ketones (excluding diaryl/α,β-unsaturated/α-hetero) is 1. The largest absolute Gasteiger partial charge is 0.507 e. The molecule has 2 aliphatic heterocycles. The molecule has 2 aromatic rings. The molecule has 0 radical (unpaired) electrons. The van der Waals surface area contributed by atoms with Crippen molar-refractivity contribution in [2.75, 3.05) is 13.1 Å². The summed E-state index contributed by atoms with van der Waals surface area (Å²) >= 11 is 6.20. The number of benzene rings is 2. The Balaban J connectivity index is 1.65. The number of carbonyl (C=O) groups excluding carboxylic acids is 1. The first-order valence-corrected chi connectivity index (χ1v) is 9.77. The first-order chi connectivity index (χ1) is 13.1. The Kier molecular flexibility index (Phi) is 5.19. The fourth-order valence-corrected chi connectivity index (χ4v) is 3.89. The molecule has 27 heavy (non-hydrogen) atoms. The number of hydrogen-bond donors (Lipinski definition) is 1. The van der Waals surface area contributed by atoms with Crippen molar-refractivity contribution < 1.29 is 14.6 Å². The lowest BCUT2D eigenvalue weighted by molar-refractivity contribution is 0.101. The van der Waals surface area contributed by atoms with Crippen LogP contribution in [0.5, 0.6) is 11.5 Å². The van der Waals surface area contributed by atoms with E-state index in [2.05, 4.69) is 4.90 Å². The van der Waals surface area contributed by atoms with E-state index in [4.69, 9.17) is 16.3 Å². The highest BCUT2D eigenvalue weighted by Gasteiger charge is 2.31. The lowest BCUT2D eigenvalue weighted by Gasteiger charge is -2.21. The Morgan fingerprint density at radius 3 is 2.56 bits per heavy atom. The Bertz CT molecular complexity index is 898. The van der Waals surface area contributed by atoms with Crippen molar-refractivity contribution >= 4 is 23.5 Å². The molecule has 2 aromatic carbocycles. The molecule has 0 aromatic heterocycles. The third-order valence-electron chi connectivity index (χ3n) is 5.19. The first kappa shape index (κ1) is 18.1. The zero-order valence-electron chi connectivity index (χ0n) is 15.1. The van der Waals surface area contributed by atoms with Gasteiger partial charge in [0.2, 0.25) is 5.78 Å². The second kappa shape index (κ2) is 7.75. The molecule has 0 atom stereocenters. The molecule has 2 heterocycles. The minimum atomic E-state index is -0.179. The summed E-state index contributed by atoms with van der Waals surface area (Å²) in [4.78, 5) is 15.1. The van der Waals surface area contributed by atoms with E-state index in [1.54, 1.807) is 24.3 Å². The van der Waals surface area contributed by atoms with Crippen molar-refractivity contribution in [1.82, 2.24) is 4.90 Å². The van der Waals surface area contributed by atoms with Crippen LogP contribution in [0.3, 0.4) is 0 Å². The lowest BCUT2D eigenvalue weighted by Crippen LogP contribution is -2.24. The smallest absolute Gasteiger partial charge is 0.231 e. The molecule has 0 bridgehead atoms. The van der Waals surface area contributed by atoms with Gasteiger partial charge in [-0.05, 0) is 55.8 Å². The molecule has 1 N–H and O–H groups in total. The monoisotopic (exact) mass is 383 g/mol. The molecular weight excluding hydrogens is 362 g/mol. The van der Waals surface area contributed by atoms with Crippen molar-refractivity contribution in [3.63, 3.8) is 0 Å². The van der Waals surface area contributed by atoms with Crippen LogP contribution in [0.1, 0.15) is 47.2 Å². The summed E-state index contributed by atoms with van der Waals surface area (Å²) in [6, 6.07) is 10.5. The SMILES string of the molecule is O=C1/C(=C/c2ccccc2Cl)Oc2c1ccc(O)c2CN1CCCCCC1. The molecule has 140 valence electrons. The number of ether oxygens (including phenoxy) is 1. The van der Waals surface area contributed by atoms with E-state index >= 15 is 0 Å². The van der Waals surface area contributed by atoms with Crippen LogP contribution in [0.25, 0.3) is 6.08 Å². The van der Waals surface area contributed by atoms with E-state index in [1.807, 2.05) is 18.2 Å². The van der Waals surface area contributed by atoms with Gasteiger partial charge < -0.3 is 9.84 Å². The highest BCUT2D eigenvalue weighted by atomic mass is 35.5. The average molecular weight is 384 g/mol. The van der Waals surface area contributed by atoms with Crippen LogP contribution in [0.15, 0.2) is 42.2 Å². The molecule has 2 aliphatic rings. The van der Waals surface area contributed by atoms with Crippen LogP contribution < -0.4 is 4.74 Å². The molecule has 1 fully saturated rings. The topological polar surface area (TPSA) is 49.8 Å². The maximum absolute atomic E-state index is 12.8. The molecule has 0 saturated carbocycles. The number of carbonyl (C=O) groups is 1. The molecule has 0 amide bonds. The van der Waals surface area contributed by atoms with Gasteiger partial charge in [-0.3, -0.25) is 9.69 Å². The molecule has 4 rings (SSSR count). The van der Waals surface area contributed by atoms with Crippen molar-refractivity contribution in [1.29, 1.82) is 0 Å². The summed E-state index contributed by atoms with van der Waals surface area (Å²) in [6.07, 6.45) is 6.47. The van der Waals surface area contributed by atoms with Gasteiger partial charge in [-0.15, -0.1) is 0 Å². The number of aromatic hydroxyl groups is 1. The quantitative estimate of drug-likeness (QED) is 0.754. The van der Waals surface area contributed by atoms with Gasteiger partial charge in [0.25, 0.3) is 0 Å². The maximum Gasteiger partial charge on any atom is 0.231 e. The van der Waals surface area contributed by atoms with E-state index in [0.717, 1.165) is 31.5 Å². The third kappa shape index (κ3) is 3.73. The van der Waals surface area contributed by atoms with E-state index in [0.29, 0.717) is 28.4 Å². The summed E-state index contributed by atoms with van der Waals surface area (Å²) in [6.45, 7) is 2.58. The highest BCUT2D eigenvalue weighted by Crippen LogP contribution is 2.40. The van der Waals surface area contributed by atoms with E-state index in [-0.39, 0.29) is 17.3 Å². The number of likely N-dealkylation sites (tertiary alicyclic amines) is 1. The van der Waals surface area contributed by atoms with Crippen molar-refractivity contribution in [2.45, 2.75) is 32.2 Å². The van der Waals surface area contributed by atoms with Gasteiger partial charge in [-0.2, -0.15) is 0 Å². The summed E-state index contributed by atoms with van der Waals surface area (Å²) in [5.74, 6) is 0.704. The van der Waals surface area contributed by atoms with Gasteiger partial charge >= 0.3 is 0 Å². The van der Waals surface area contributed by atoms with Gasteiger partial charge in [0.05, 0.1) is 11.1 Å². The summed E-state index contributed by atoms with van der Waals surface area (Å²) in [7, 11) is 0. The number of phenolic OH excluding ortho intramolecular Hbond substituents is 1. The van der Waals surface area contributed by atoms with Gasteiger partial charge in [-0.25, -0.2) is 0 Å². The molecule has 5 heteroatoms. The molecule has 4 nitrogen and oxygen atoms in total. The van der Waals surface area contributed by atoms with E-state index < -0.39 is 0 Å². The summed E-state index contributed by atoms with van der Waals surface area (Å²) in [5.41, 5.74) is 1.91.